The average Bonchev–Trinajstić information content (AvgIpc) is 2.63. The molecule has 6 nitrogen and oxygen atoms in total. The SMILES string of the molecule is CC(C)C(=O)Nc1cc([C@H]2C[C@@H](C(N)=O)C2)n[nH]1. The second-order valence-electron chi connectivity index (χ2n) is 5.12. The molecule has 98 valence electrons. The first kappa shape index (κ1) is 12.6. The molecule has 1 heterocycles. The van der Waals surface area contributed by atoms with Crippen LogP contribution in [-0.2, 0) is 9.59 Å². The van der Waals surface area contributed by atoms with E-state index in [1.807, 2.05) is 19.9 Å². The number of amides is 2. The minimum Gasteiger partial charge on any atom is -0.369 e. The van der Waals surface area contributed by atoms with Crippen molar-refractivity contribution >= 4 is 17.6 Å². The zero-order valence-corrected chi connectivity index (χ0v) is 10.6. The lowest BCUT2D eigenvalue weighted by molar-refractivity contribution is -0.124. The molecular formula is C12H18N4O2. The van der Waals surface area contributed by atoms with E-state index in [0.29, 0.717) is 5.82 Å². The molecule has 1 aliphatic rings. The van der Waals surface area contributed by atoms with Gasteiger partial charge in [-0.25, -0.2) is 0 Å². The first-order valence-electron chi connectivity index (χ1n) is 6.13. The second-order valence-corrected chi connectivity index (χ2v) is 5.12. The van der Waals surface area contributed by atoms with Crippen LogP contribution in [0.3, 0.4) is 0 Å². The number of nitrogens with one attached hydrogen (secondary N) is 2. The van der Waals surface area contributed by atoms with Gasteiger partial charge in [-0.1, -0.05) is 13.8 Å². The third-order valence-electron chi connectivity index (χ3n) is 3.34. The van der Waals surface area contributed by atoms with Crippen molar-refractivity contribution in [1.82, 2.24) is 10.2 Å². The monoisotopic (exact) mass is 250 g/mol. The van der Waals surface area contributed by atoms with Crippen LogP contribution in [0.5, 0.6) is 0 Å². The van der Waals surface area contributed by atoms with Crippen molar-refractivity contribution in [2.45, 2.75) is 32.6 Å². The molecule has 0 radical (unpaired) electrons. The Hall–Kier alpha value is -1.85. The lowest BCUT2D eigenvalue weighted by Crippen LogP contribution is -2.33. The topological polar surface area (TPSA) is 101 Å². The Morgan fingerprint density at radius 3 is 2.72 bits per heavy atom. The average molecular weight is 250 g/mol. The van der Waals surface area contributed by atoms with Gasteiger partial charge in [-0.05, 0) is 12.8 Å². The van der Waals surface area contributed by atoms with E-state index in [2.05, 4.69) is 15.5 Å². The smallest absolute Gasteiger partial charge is 0.228 e. The van der Waals surface area contributed by atoms with Crippen molar-refractivity contribution < 1.29 is 9.59 Å². The maximum Gasteiger partial charge on any atom is 0.228 e. The molecule has 4 N–H and O–H groups in total. The Labute approximate surface area is 105 Å². The maximum atomic E-state index is 11.5. The minimum absolute atomic E-state index is 0.0274. The molecule has 1 aromatic rings. The molecule has 0 saturated heterocycles. The number of anilines is 1. The number of rotatable bonds is 4. The quantitative estimate of drug-likeness (QED) is 0.742. The van der Waals surface area contributed by atoms with Gasteiger partial charge >= 0.3 is 0 Å². The van der Waals surface area contributed by atoms with Crippen LogP contribution in [0.15, 0.2) is 6.07 Å². The number of H-pyrrole nitrogens is 1. The molecule has 2 rings (SSSR count). The summed E-state index contributed by atoms with van der Waals surface area (Å²) in [4.78, 5) is 22.4. The third-order valence-corrected chi connectivity index (χ3v) is 3.34. The summed E-state index contributed by atoms with van der Waals surface area (Å²) in [6, 6.07) is 1.82. The highest BCUT2D eigenvalue weighted by molar-refractivity contribution is 5.91. The molecule has 0 bridgehead atoms. The highest BCUT2D eigenvalue weighted by Gasteiger charge is 2.35. The van der Waals surface area contributed by atoms with Crippen LogP contribution in [0.2, 0.25) is 0 Å². The van der Waals surface area contributed by atoms with Crippen LogP contribution in [0.1, 0.15) is 38.3 Å². The Balaban J connectivity index is 1.92. The van der Waals surface area contributed by atoms with Crippen molar-refractivity contribution in [1.29, 1.82) is 0 Å². The molecular weight excluding hydrogens is 232 g/mol. The van der Waals surface area contributed by atoms with E-state index >= 15 is 0 Å². The van der Waals surface area contributed by atoms with Gasteiger partial charge in [-0.2, -0.15) is 5.10 Å². The van der Waals surface area contributed by atoms with Gasteiger partial charge in [0.15, 0.2) is 0 Å². The van der Waals surface area contributed by atoms with E-state index in [0.717, 1.165) is 18.5 Å². The van der Waals surface area contributed by atoms with Crippen LogP contribution in [0.4, 0.5) is 5.82 Å². The highest BCUT2D eigenvalue weighted by atomic mass is 16.2. The van der Waals surface area contributed by atoms with Crippen molar-refractivity contribution in [2.24, 2.45) is 17.6 Å². The van der Waals surface area contributed by atoms with Crippen LogP contribution in [0.25, 0.3) is 0 Å². The van der Waals surface area contributed by atoms with Crippen LogP contribution in [-0.4, -0.2) is 22.0 Å². The summed E-state index contributed by atoms with van der Waals surface area (Å²) >= 11 is 0. The fourth-order valence-electron chi connectivity index (χ4n) is 1.98. The van der Waals surface area contributed by atoms with E-state index in [-0.39, 0.29) is 29.6 Å². The number of aromatic amines is 1. The zero-order valence-electron chi connectivity index (χ0n) is 10.6. The minimum atomic E-state index is -0.241. The van der Waals surface area contributed by atoms with Crippen molar-refractivity contribution in [2.75, 3.05) is 5.32 Å². The van der Waals surface area contributed by atoms with Crippen molar-refractivity contribution in [3.8, 4) is 0 Å². The van der Waals surface area contributed by atoms with E-state index in [1.54, 1.807) is 0 Å². The number of aromatic nitrogens is 2. The standard InChI is InChI=1S/C12H18N4O2/c1-6(2)12(18)14-10-5-9(15-16-10)7-3-8(4-7)11(13)17/h5-8H,3-4H2,1-2H3,(H2,13,17)(H2,14,15,16,18)/t7-,8+. The Morgan fingerprint density at radius 2 is 2.17 bits per heavy atom. The molecule has 2 amide bonds. The van der Waals surface area contributed by atoms with Gasteiger partial charge in [0, 0.05) is 23.8 Å². The summed E-state index contributed by atoms with van der Waals surface area (Å²) in [7, 11) is 0. The van der Waals surface area contributed by atoms with Gasteiger partial charge in [0.25, 0.3) is 0 Å². The van der Waals surface area contributed by atoms with Gasteiger partial charge in [-0.3, -0.25) is 14.7 Å². The van der Waals surface area contributed by atoms with Gasteiger partial charge in [0.2, 0.25) is 11.8 Å². The molecule has 0 spiro atoms. The number of carbonyl (C=O) groups is 2. The lowest BCUT2D eigenvalue weighted by atomic mass is 9.73. The van der Waals surface area contributed by atoms with Crippen LogP contribution < -0.4 is 11.1 Å². The summed E-state index contributed by atoms with van der Waals surface area (Å²) in [6.45, 7) is 3.66. The van der Waals surface area contributed by atoms with Crippen molar-refractivity contribution in [3.63, 3.8) is 0 Å². The summed E-state index contributed by atoms with van der Waals surface area (Å²) in [5.41, 5.74) is 6.10. The third kappa shape index (κ3) is 2.52. The predicted molar refractivity (Wildman–Crippen MR) is 66.7 cm³/mol. The number of primary amides is 1. The summed E-state index contributed by atoms with van der Waals surface area (Å²) < 4.78 is 0. The van der Waals surface area contributed by atoms with Crippen LogP contribution in [0, 0.1) is 11.8 Å². The maximum absolute atomic E-state index is 11.5. The fourth-order valence-corrected chi connectivity index (χ4v) is 1.98. The van der Waals surface area contributed by atoms with Crippen LogP contribution >= 0.6 is 0 Å². The predicted octanol–water partition coefficient (Wildman–Crippen LogP) is 0.983. The summed E-state index contributed by atoms with van der Waals surface area (Å²) in [5, 5.41) is 9.69. The molecule has 1 aliphatic carbocycles. The van der Waals surface area contributed by atoms with Gasteiger partial charge in [-0.15, -0.1) is 0 Å². The van der Waals surface area contributed by atoms with E-state index in [9.17, 15) is 9.59 Å². The molecule has 6 heteroatoms. The van der Waals surface area contributed by atoms with Gasteiger partial charge < -0.3 is 11.1 Å². The number of nitrogens with two attached hydrogens (primary N) is 1. The zero-order chi connectivity index (χ0) is 13.3. The summed E-state index contributed by atoms with van der Waals surface area (Å²) in [6.07, 6.45) is 1.50. The first-order chi connectivity index (χ1) is 8.47. The molecule has 18 heavy (non-hydrogen) atoms. The van der Waals surface area contributed by atoms with E-state index in [4.69, 9.17) is 5.73 Å². The Bertz CT molecular complexity index is 460. The Morgan fingerprint density at radius 1 is 1.50 bits per heavy atom. The van der Waals surface area contributed by atoms with Gasteiger partial charge in [0.1, 0.15) is 5.82 Å². The van der Waals surface area contributed by atoms with E-state index in [1.165, 1.54) is 0 Å². The molecule has 0 aliphatic heterocycles. The van der Waals surface area contributed by atoms with Gasteiger partial charge in [0.05, 0.1) is 5.69 Å². The molecule has 1 saturated carbocycles. The number of hydrogen-bond acceptors (Lipinski definition) is 3. The first-order valence-corrected chi connectivity index (χ1v) is 6.13. The molecule has 1 aromatic heterocycles. The number of nitrogens with zero attached hydrogens (tertiary/aromatic N) is 1. The molecule has 1 fully saturated rings. The molecule has 0 aromatic carbocycles. The lowest BCUT2D eigenvalue weighted by Gasteiger charge is -2.31. The highest BCUT2D eigenvalue weighted by Crippen LogP contribution is 2.40. The summed E-state index contributed by atoms with van der Waals surface area (Å²) in [5.74, 6) is 0.485. The number of hydrogen-bond donors (Lipinski definition) is 3. The van der Waals surface area contributed by atoms with E-state index < -0.39 is 0 Å². The fraction of sp³-hybridized carbons (Fsp3) is 0.583. The largest absolute Gasteiger partial charge is 0.369 e. The second kappa shape index (κ2) is 4.80. The Kier molecular flexibility index (Phi) is 3.36. The normalized spacial score (nSPS) is 22.6. The van der Waals surface area contributed by atoms with Crippen molar-refractivity contribution in [3.05, 3.63) is 11.8 Å². The molecule has 0 atom stereocenters. The molecule has 0 unspecified atom stereocenters. The number of carbonyl (C=O) groups excluding carboxylic acids is 2.